The molecule has 1 aliphatic rings. The Morgan fingerprint density at radius 2 is 2.07 bits per heavy atom. The van der Waals surface area contributed by atoms with Crippen LogP contribution in [0.25, 0.3) is 10.9 Å². The second-order valence-corrected chi connectivity index (χ2v) is 5.35. The van der Waals surface area contributed by atoms with Crippen molar-refractivity contribution in [2.24, 2.45) is 0 Å². The van der Waals surface area contributed by atoms with Gasteiger partial charge in [-0.15, -0.1) is 12.4 Å². The van der Waals surface area contributed by atoms with Crippen LogP contribution in [0.4, 0.5) is 11.8 Å². The van der Waals surface area contributed by atoms with Crippen LogP contribution >= 0.6 is 12.4 Å². The predicted octanol–water partition coefficient (Wildman–Crippen LogP) is 1.90. The molecule has 3 N–H and O–H groups in total. The fraction of sp³-hybridized carbons (Fsp3) is 0.278. The molecule has 1 aromatic carbocycles. The number of carbonyl (C=O) groups is 1. The van der Waals surface area contributed by atoms with Gasteiger partial charge in [0.15, 0.2) is 17.3 Å². The van der Waals surface area contributed by atoms with Crippen LogP contribution in [0.3, 0.4) is 0 Å². The second-order valence-electron chi connectivity index (χ2n) is 5.35. The molecule has 0 unspecified atom stereocenters. The normalized spacial score (nSPS) is 25.5. The lowest BCUT2D eigenvalue weighted by Gasteiger charge is -2.34. The first-order valence-corrected chi connectivity index (χ1v) is 7.61. The number of carbonyl (C=O) groups excluding carboxylic acids is 1. The van der Waals surface area contributed by atoms with Crippen molar-refractivity contribution < 1.29 is 30.0 Å². The van der Waals surface area contributed by atoms with Gasteiger partial charge in [0.05, 0.1) is 29.9 Å². The molecular weight excluding hydrogens is 386 g/mol. The molecule has 0 aliphatic carbocycles. The third-order valence-corrected chi connectivity index (χ3v) is 3.70. The van der Waals surface area contributed by atoms with E-state index in [4.69, 9.17) is 25.9 Å². The number of benzene rings is 1. The summed E-state index contributed by atoms with van der Waals surface area (Å²) in [6.07, 6.45) is 1.08. The monoisotopic (exact) mass is 413 g/mol. The number of nitrogens with zero attached hydrogens (tertiary/aromatic N) is 4. The van der Waals surface area contributed by atoms with E-state index in [0.29, 0.717) is 0 Å². The number of aromatic nitrogens is 2. The molecule has 3 heterocycles. The number of ether oxygens (including phenoxy) is 1. The third kappa shape index (κ3) is 3.48. The molecule has 0 radical (unpaired) electrons. The van der Waals surface area contributed by atoms with Crippen LogP contribution in [-0.2, 0) is 0 Å². The average Bonchev–Trinajstić information content (AvgIpc) is 3.26. The number of phenolic OH excluding ortho intramolecular Hbond substituents is 1. The Labute approximate surface area is 178 Å². The van der Waals surface area contributed by atoms with Crippen LogP contribution in [0.5, 0.6) is 11.5 Å². The number of aromatic hydroxyl groups is 1. The van der Waals surface area contributed by atoms with Crippen molar-refractivity contribution in [2.45, 2.75) is 0 Å². The first-order valence-electron chi connectivity index (χ1n) is 11.6. The third-order valence-electron chi connectivity index (χ3n) is 3.70. The van der Waals surface area contributed by atoms with Crippen molar-refractivity contribution in [1.82, 2.24) is 14.9 Å². The van der Waals surface area contributed by atoms with Crippen molar-refractivity contribution in [3.63, 3.8) is 0 Å². The van der Waals surface area contributed by atoms with Gasteiger partial charge in [-0.25, -0.2) is 4.98 Å². The summed E-state index contributed by atoms with van der Waals surface area (Å²) in [7, 11) is 1.29. The molecular formula is C18H20ClN5O4. The highest BCUT2D eigenvalue weighted by atomic mass is 35.5. The first-order chi connectivity index (χ1) is 16.1. The number of piperazine rings is 1. The Morgan fingerprint density at radius 3 is 2.71 bits per heavy atom. The maximum Gasteiger partial charge on any atom is 0.289 e. The fourth-order valence-electron chi connectivity index (χ4n) is 2.39. The van der Waals surface area contributed by atoms with E-state index in [9.17, 15) is 9.90 Å². The maximum atomic E-state index is 12.9. The van der Waals surface area contributed by atoms with E-state index < -0.39 is 43.6 Å². The lowest BCUT2D eigenvalue weighted by Crippen LogP contribution is -2.49. The topological polar surface area (TPSA) is 118 Å². The molecule has 0 spiro atoms. The quantitative estimate of drug-likeness (QED) is 0.668. The van der Waals surface area contributed by atoms with Gasteiger partial charge in [0.2, 0.25) is 5.95 Å². The molecule has 2 aromatic heterocycles. The van der Waals surface area contributed by atoms with Crippen LogP contribution in [0.2, 0.25) is 0 Å². The zero-order chi connectivity index (χ0) is 26.1. The number of furan rings is 1. The van der Waals surface area contributed by atoms with Crippen molar-refractivity contribution in [1.29, 1.82) is 0 Å². The average molecular weight is 414 g/mol. The number of anilines is 2. The summed E-state index contributed by atoms with van der Waals surface area (Å²) >= 11 is 0. The predicted molar refractivity (Wildman–Crippen MR) is 106 cm³/mol. The molecule has 0 saturated carbocycles. The van der Waals surface area contributed by atoms with Gasteiger partial charge in [0, 0.05) is 37.4 Å². The van der Waals surface area contributed by atoms with Gasteiger partial charge in [0.25, 0.3) is 5.91 Å². The second kappa shape index (κ2) is 7.81. The molecule has 9 nitrogen and oxygen atoms in total. The minimum atomic E-state index is -3.47. The van der Waals surface area contributed by atoms with Crippen LogP contribution in [0.15, 0.2) is 34.9 Å². The number of amides is 1. The largest absolute Gasteiger partial charge is 0.504 e. The Bertz CT molecular complexity index is 1300. The van der Waals surface area contributed by atoms with E-state index in [2.05, 4.69) is 9.97 Å². The molecule has 28 heavy (non-hydrogen) atoms. The number of nitrogens with two attached hydrogens (primary N) is 1. The van der Waals surface area contributed by atoms with Crippen LogP contribution in [-0.4, -0.2) is 59.0 Å². The van der Waals surface area contributed by atoms with Crippen molar-refractivity contribution in [2.75, 3.05) is 43.7 Å². The summed E-state index contributed by atoms with van der Waals surface area (Å²) in [5.74, 6) is -3.38. The maximum absolute atomic E-state index is 12.9. The Hall–Kier alpha value is -3.20. The number of nitrogen functional groups attached to an aromatic ring is 1. The van der Waals surface area contributed by atoms with Crippen LogP contribution < -0.4 is 15.4 Å². The van der Waals surface area contributed by atoms with Crippen molar-refractivity contribution in [3.05, 3.63) is 36.3 Å². The number of methoxy groups -OCH3 is 1. The zero-order valence-corrected chi connectivity index (χ0v) is 15.1. The Morgan fingerprint density at radius 1 is 1.32 bits per heavy atom. The smallest absolute Gasteiger partial charge is 0.289 e. The molecule has 1 saturated heterocycles. The summed E-state index contributed by atoms with van der Waals surface area (Å²) in [6, 6.07) is 4.79. The minimum Gasteiger partial charge on any atom is -0.504 e. The number of fused-ring (bicyclic) bond motifs is 1. The van der Waals surface area contributed by atoms with Gasteiger partial charge in [-0.2, -0.15) is 4.98 Å². The molecule has 3 aromatic rings. The molecule has 10 heteroatoms. The minimum absolute atomic E-state index is 0. The Balaban J connectivity index is 0.00000361. The zero-order valence-electron chi connectivity index (χ0n) is 22.3. The standard InChI is InChI=1S/C18H19N5O4.ClH/c1-26-15-9-11-12(10-13(15)24)20-18(21-16(11)19)23-6-4-22(5-7-23)17(25)14-3-2-8-27-14;/h2-3,8-10,24H,4-7H2,1H3,(H2,19,20,21);1H/i4D2,5D2,6D2,7D2;. The molecule has 148 valence electrons. The fourth-order valence-corrected chi connectivity index (χ4v) is 2.39. The van der Waals surface area contributed by atoms with Gasteiger partial charge < -0.3 is 29.8 Å². The van der Waals surface area contributed by atoms with Crippen LogP contribution in [0.1, 0.15) is 21.5 Å². The summed E-state index contributed by atoms with van der Waals surface area (Å²) < 4.78 is 77.5. The molecule has 0 atom stereocenters. The highest BCUT2D eigenvalue weighted by Crippen LogP contribution is 2.33. The van der Waals surface area contributed by atoms with E-state index in [1.165, 1.54) is 19.2 Å². The number of halogens is 1. The van der Waals surface area contributed by atoms with E-state index in [1.807, 2.05) is 0 Å². The van der Waals surface area contributed by atoms with Gasteiger partial charge in [-0.05, 0) is 18.2 Å². The van der Waals surface area contributed by atoms with E-state index in [1.54, 1.807) is 0 Å². The molecule has 4 rings (SSSR count). The van der Waals surface area contributed by atoms with E-state index >= 15 is 0 Å². The summed E-state index contributed by atoms with van der Waals surface area (Å²) in [5, 5.41) is 10.3. The first kappa shape index (κ1) is 11.6. The van der Waals surface area contributed by atoms with Gasteiger partial charge in [-0.1, -0.05) is 0 Å². The number of phenols is 1. The summed E-state index contributed by atoms with van der Waals surface area (Å²) in [5.41, 5.74) is 5.89. The van der Waals surface area contributed by atoms with Gasteiger partial charge >= 0.3 is 0 Å². The highest BCUT2D eigenvalue weighted by molar-refractivity contribution is 5.92. The van der Waals surface area contributed by atoms with Gasteiger partial charge in [-0.3, -0.25) is 4.79 Å². The molecule has 1 aliphatic heterocycles. The summed E-state index contributed by atoms with van der Waals surface area (Å²) in [6.45, 7) is -13.8. The number of hydrogen-bond acceptors (Lipinski definition) is 8. The van der Waals surface area contributed by atoms with Gasteiger partial charge in [0.1, 0.15) is 5.82 Å². The lowest BCUT2D eigenvalue weighted by atomic mass is 10.2. The lowest BCUT2D eigenvalue weighted by molar-refractivity contribution is 0.0714. The molecule has 0 bridgehead atoms. The van der Waals surface area contributed by atoms with Crippen molar-refractivity contribution in [3.8, 4) is 11.5 Å². The highest BCUT2D eigenvalue weighted by Gasteiger charge is 2.25. The Kier molecular flexibility index (Phi) is 3.24. The van der Waals surface area contributed by atoms with Crippen molar-refractivity contribution >= 4 is 41.0 Å². The number of hydrogen-bond donors (Lipinski definition) is 2. The SMILES string of the molecule is Cl.[2H]C1([2H])N(C(=O)c2ccco2)C([2H])([2H])C([2H])([2H])N(c2nc(N)c3cc(OC)c(O)cc3n2)C1([2H])[2H]. The molecule has 1 amide bonds. The van der Waals surface area contributed by atoms with E-state index in [-0.39, 0.29) is 50.4 Å². The number of rotatable bonds is 3. The summed E-state index contributed by atoms with van der Waals surface area (Å²) in [4.78, 5) is 20.7. The van der Waals surface area contributed by atoms with E-state index in [0.717, 1.165) is 18.4 Å². The molecule has 1 fully saturated rings. The van der Waals surface area contributed by atoms with Crippen LogP contribution in [0, 0.1) is 0 Å².